The van der Waals surface area contributed by atoms with Crippen LogP contribution in [-0.4, -0.2) is 58.0 Å². The third-order valence-electron chi connectivity index (χ3n) is 4.91. The Hall–Kier alpha value is -2.18. The second-order valence-electron chi connectivity index (χ2n) is 7.13. The normalized spacial score (nSPS) is 20.3. The van der Waals surface area contributed by atoms with Crippen molar-refractivity contribution in [3.8, 4) is 0 Å². The van der Waals surface area contributed by atoms with Crippen molar-refractivity contribution in [2.45, 2.75) is 38.2 Å². The van der Waals surface area contributed by atoms with E-state index in [0.29, 0.717) is 32.5 Å². The lowest BCUT2D eigenvalue weighted by Crippen LogP contribution is -2.56. The van der Waals surface area contributed by atoms with E-state index in [1.807, 2.05) is 36.2 Å². The van der Waals surface area contributed by atoms with Gasteiger partial charge >= 0.3 is 0 Å². The Kier molecular flexibility index (Phi) is 6.06. The van der Waals surface area contributed by atoms with Gasteiger partial charge in [0.25, 0.3) is 0 Å². The first-order valence-electron chi connectivity index (χ1n) is 9.16. The number of morpholine rings is 1. The zero-order valence-electron chi connectivity index (χ0n) is 15.3. The Morgan fingerprint density at radius 2 is 2.31 bits per heavy atom. The van der Waals surface area contributed by atoms with E-state index in [9.17, 15) is 9.90 Å². The summed E-state index contributed by atoms with van der Waals surface area (Å²) in [6.07, 6.45) is 6.37. The maximum atomic E-state index is 12.6. The number of amides is 1. The molecule has 0 bridgehead atoms. The van der Waals surface area contributed by atoms with Crippen LogP contribution in [-0.2, 0) is 22.4 Å². The first-order valence-corrected chi connectivity index (χ1v) is 9.16. The molecule has 2 heterocycles. The van der Waals surface area contributed by atoms with Crippen LogP contribution in [0.3, 0.4) is 0 Å². The number of rotatable bonds is 7. The maximum absolute atomic E-state index is 12.6. The number of aliphatic hydroxyl groups excluding tert-OH is 1. The molecule has 1 aliphatic rings. The minimum Gasteiger partial charge on any atom is -0.393 e. The Balaban J connectivity index is 1.58. The minimum absolute atomic E-state index is 0.0975. The van der Waals surface area contributed by atoms with Crippen LogP contribution in [0.1, 0.15) is 29.5 Å². The standard InChI is InChI=1S/C20H27N3O3/c1-16-4-2-5-17(10-16)11-20(15-24)14-23(8-9-26-20)19(25)7-3-6-18-12-21-22-13-18/h2,4-5,10,12-13,24H,3,6-9,11,14-15H2,1H3,(H,21,22)/t20-/m1/s1. The van der Waals surface area contributed by atoms with Crippen LogP contribution in [0.2, 0.25) is 0 Å². The van der Waals surface area contributed by atoms with Gasteiger partial charge in [-0.15, -0.1) is 0 Å². The Morgan fingerprint density at radius 1 is 1.42 bits per heavy atom. The van der Waals surface area contributed by atoms with Crippen molar-refractivity contribution in [3.63, 3.8) is 0 Å². The van der Waals surface area contributed by atoms with E-state index < -0.39 is 5.60 Å². The smallest absolute Gasteiger partial charge is 0.222 e. The summed E-state index contributed by atoms with van der Waals surface area (Å²) >= 11 is 0. The average molecular weight is 357 g/mol. The maximum Gasteiger partial charge on any atom is 0.222 e. The summed E-state index contributed by atoms with van der Waals surface area (Å²) in [7, 11) is 0. The average Bonchev–Trinajstić information content (AvgIpc) is 3.15. The number of aromatic nitrogens is 2. The molecule has 26 heavy (non-hydrogen) atoms. The fourth-order valence-electron chi connectivity index (χ4n) is 3.53. The van der Waals surface area contributed by atoms with Gasteiger partial charge in [0.1, 0.15) is 5.60 Å². The van der Waals surface area contributed by atoms with E-state index in [1.54, 1.807) is 6.20 Å². The molecule has 1 aliphatic heterocycles. The summed E-state index contributed by atoms with van der Waals surface area (Å²) in [6, 6.07) is 8.20. The minimum atomic E-state index is -0.716. The van der Waals surface area contributed by atoms with Crippen molar-refractivity contribution >= 4 is 5.91 Å². The van der Waals surface area contributed by atoms with Crippen LogP contribution >= 0.6 is 0 Å². The molecule has 1 amide bonds. The number of aliphatic hydroxyl groups is 1. The highest BCUT2D eigenvalue weighted by molar-refractivity contribution is 5.76. The summed E-state index contributed by atoms with van der Waals surface area (Å²) in [5.41, 5.74) is 2.70. The predicted molar refractivity (Wildman–Crippen MR) is 98.8 cm³/mol. The van der Waals surface area contributed by atoms with E-state index in [4.69, 9.17) is 4.74 Å². The molecule has 1 aromatic heterocycles. The van der Waals surface area contributed by atoms with E-state index in [-0.39, 0.29) is 12.5 Å². The van der Waals surface area contributed by atoms with Gasteiger partial charge in [0.2, 0.25) is 5.91 Å². The second-order valence-corrected chi connectivity index (χ2v) is 7.13. The molecular weight excluding hydrogens is 330 g/mol. The molecule has 0 saturated carbocycles. The zero-order valence-corrected chi connectivity index (χ0v) is 15.3. The van der Waals surface area contributed by atoms with E-state index in [2.05, 4.69) is 16.3 Å². The monoisotopic (exact) mass is 357 g/mol. The van der Waals surface area contributed by atoms with Crippen molar-refractivity contribution < 1.29 is 14.6 Å². The van der Waals surface area contributed by atoms with Crippen molar-refractivity contribution in [2.75, 3.05) is 26.3 Å². The van der Waals surface area contributed by atoms with Gasteiger partial charge in [-0.2, -0.15) is 5.10 Å². The largest absolute Gasteiger partial charge is 0.393 e. The molecule has 1 atom stereocenters. The summed E-state index contributed by atoms with van der Waals surface area (Å²) in [5.74, 6) is 0.124. The lowest BCUT2D eigenvalue weighted by Gasteiger charge is -2.42. The van der Waals surface area contributed by atoms with Crippen LogP contribution in [0.15, 0.2) is 36.7 Å². The molecule has 6 nitrogen and oxygen atoms in total. The number of hydrogen-bond acceptors (Lipinski definition) is 4. The van der Waals surface area contributed by atoms with Gasteiger partial charge in [-0.3, -0.25) is 9.89 Å². The van der Waals surface area contributed by atoms with Crippen LogP contribution in [0, 0.1) is 6.92 Å². The number of carbonyl (C=O) groups excluding carboxylic acids is 1. The third-order valence-corrected chi connectivity index (χ3v) is 4.91. The van der Waals surface area contributed by atoms with Crippen molar-refractivity contribution in [1.82, 2.24) is 15.1 Å². The number of aryl methyl sites for hydroxylation is 2. The third kappa shape index (κ3) is 4.71. The molecule has 3 rings (SSSR count). The summed E-state index contributed by atoms with van der Waals surface area (Å²) < 4.78 is 5.95. The quantitative estimate of drug-likeness (QED) is 0.793. The molecule has 2 N–H and O–H groups in total. The van der Waals surface area contributed by atoms with Crippen LogP contribution in [0.25, 0.3) is 0 Å². The van der Waals surface area contributed by atoms with Crippen molar-refractivity contribution in [2.24, 2.45) is 0 Å². The second kappa shape index (κ2) is 8.47. The number of carbonyl (C=O) groups is 1. The summed E-state index contributed by atoms with van der Waals surface area (Å²) in [5, 5.41) is 16.7. The van der Waals surface area contributed by atoms with Gasteiger partial charge in [-0.25, -0.2) is 0 Å². The van der Waals surface area contributed by atoms with Gasteiger partial charge in [0.05, 0.1) is 26.0 Å². The molecule has 1 saturated heterocycles. The van der Waals surface area contributed by atoms with E-state index in [1.165, 1.54) is 5.56 Å². The molecule has 6 heteroatoms. The predicted octanol–water partition coefficient (Wildman–Crippen LogP) is 1.87. The fraction of sp³-hybridized carbons (Fsp3) is 0.500. The summed E-state index contributed by atoms with van der Waals surface area (Å²) in [6.45, 7) is 3.42. The van der Waals surface area contributed by atoms with Crippen LogP contribution in [0.5, 0.6) is 0 Å². The fourth-order valence-corrected chi connectivity index (χ4v) is 3.53. The van der Waals surface area contributed by atoms with Gasteiger partial charge in [0.15, 0.2) is 0 Å². The lowest BCUT2D eigenvalue weighted by atomic mass is 9.92. The Bertz CT molecular complexity index is 717. The van der Waals surface area contributed by atoms with Crippen molar-refractivity contribution in [3.05, 3.63) is 53.3 Å². The van der Waals surface area contributed by atoms with Crippen molar-refractivity contribution in [1.29, 1.82) is 0 Å². The molecule has 0 unspecified atom stereocenters. The van der Waals surface area contributed by atoms with Gasteiger partial charge in [-0.05, 0) is 30.9 Å². The number of benzene rings is 1. The molecule has 0 aliphatic carbocycles. The van der Waals surface area contributed by atoms with Crippen LogP contribution in [0.4, 0.5) is 0 Å². The van der Waals surface area contributed by atoms with E-state index in [0.717, 1.165) is 24.0 Å². The number of hydrogen-bond donors (Lipinski definition) is 2. The lowest BCUT2D eigenvalue weighted by molar-refractivity contribution is -0.158. The molecule has 0 spiro atoms. The number of aromatic amines is 1. The molecule has 1 fully saturated rings. The topological polar surface area (TPSA) is 78.5 Å². The van der Waals surface area contributed by atoms with Gasteiger partial charge in [0, 0.05) is 25.6 Å². The highest BCUT2D eigenvalue weighted by Crippen LogP contribution is 2.24. The molecule has 1 aromatic carbocycles. The zero-order chi connectivity index (χ0) is 18.4. The molecule has 0 radical (unpaired) electrons. The highest BCUT2D eigenvalue weighted by Gasteiger charge is 2.38. The number of nitrogens with one attached hydrogen (secondary N) is 1. The molecule has 140 valence electrons. The number of ether oxygens (including phenoxy) is 1. The van der Waals surface area contributed by atoms with Gasteiger partial charge < -0.3 is 14.7 Å². The van der Waals surface area contributed by atoms with E-state index >= 15 is 0 Å². The Labute approximate surface area is 154 Å². The number of H-pyrrole nitrogens is 1. The first kappa shape index (κ1) is 18.6. The molecular formula is C20H27N3O3. The highest BCUT2D eigenvalue weighted by atomic mass is 16.5. The Morgan fingerprint density at radius 3 is 3.04 bits per heavy atom. The van der Waals surface area contributed by atoms with Gasteiger partial charge in [-0.1, -0.05) is 29.8 Å². The molecule has 2 aromatic rings. The summed E-state index contributed by atoms with van der Waals surface area (Å²) in [4.78, 5) is 14.4. The first-order chi connectivity index (χ1) is 12.6. The SMILES string of the molecule is Cc1cccc(C[C@]2(CO)CN(C(=O)CCCc3cn[nH]c3)CCO2)c1. The van der Waals surface area contributed by atoms with Crippen LogP contribution < -0.4 is 0 Å². The number of nitrogens with zero attached hydrogens (tertiary/aromatic N) is 2.